The molecule has 0 saturated carbocycles. The zero-order chi connectivity index (χ0) is 24.9. The number of nitrogens with one attached hydrogen (secondary N) is 3. The number of anilines is 1. The van der Waals surface area contributed by atoms with E-state index in [4.69, 9.17) is 14.9 Å². The number of amides is 4. The molecule has 0 aliphatic heterocycles. The van der Waals surface area contributed by atoms with Gasteiger partial charge in [0.2, 0.25) is 17.7 Å². The number of rotatable bonds is 7. The number of aryl methyl sites for hydroxylation is 1. The number of hydrogen-bond acceptors (Lipinski definition) is 7. The molecular weight excluding hydrogens is 432 g/mol. The number of hydrogen-bond donors (Lipinski definition) is 4. The van der Waals surface area contributed by atoms with E-state index in [0.717, 1.165) is 10.9 Å². The molecule has 0 fully saturated rings. The lowest BCUT2D eigenvalue weighted by Crippen LogP contribution is -2.53. The lowest BCUT2D eigenvalue weighted by atomic mass is 10.1. The fourth-order valence-corrected chi connectivity index (χ4v) is 2.89. The van der Waals surface area contributed by atoms with Crippen molar-refractivity contribution in [2.75, 3.05) is 5.32 Å². The molecule has 0 saturated heterocycles. The van der Waals surface area contributed by atoms with Crippen LogP contribution >= 0.6 is 0 Å². The Kier molecular flexibility index (Phi) is 7.81. The molecule has 11 nitrogen and oxygen atoms in total. The van der Waals surface area contributed by atoms with Crippen molar-refractivity contribution in [3.63, 3.8) is 0 Å². The molecular formula is C22H28N4O7. The molecule has 2 aromatic rings. The maximum Gasteiger partial charge on any atom is 0.408 e. The molecule has 1 aromatic carbocycles. The van der Waals surface area contributed by atoms with Gasteiger partial charge in [0, 0.05) is 23.2 Å². The molecule has 2 atom stereocenters. The van der Waals surface area contributed by atoms with Gasteiger partial charge in [-0.3, -0.25) is 14.4 Å². The Bertz CT molecular complexity index is 1130. The molecule has 0 bridgehead atoms. The Balaban J connectivity index is 2.07. The van der Waals surface area contributed by atoms with Gasteiger partial charge in [-0.15, -0.1) is 0 Å². The number of carbonyl (C=O) groups excluding carboxylic acids is 4. The van der Waals surface area contributed by atoms with Crippen molar-refractivity contribution in [1.82, 2.24) is 10.6 Å². The van der Waals surface area contributed by atoms with E-state index in [1.54, 1.807) is 39.8 Å². The Hall–Kier alpha value is -3.89. The highest BCUT2D eigenvalue weighted by Crippen LogP contribution is 2.20. The molecule has 0 radical (unpaired) electrons. The number of primary amides is 1. The van der Waals surface area contributed by atoms with Gasteiger partial charge in [0.1, 0.15) is 23.3 Å². The van der Waals surface area contributed by atoms with E-state index in [9.17, 15) is 24.0 Å². The molecule has 0 unspecified atom stereocenters. The highest BCUT2D eigenvalue weighted by molar-refractivity contribution is 5.99. The molecule has 1 heterocycles. The molecule has 0 aliphatic rings. The van der Waals surface area contributed by atoms with Gasteiger partial charge in [0.05, 0.1) is 6.42 Å². The van der Waals surface area contributed by atoms with Crippen molar-refractivity contribution in [1.29, 1.82) is 0 Å². The molecule has 0 spiro atoms. The zero-order valence-electron chi connectivity index (χ0n) is 19.1. The average Bonchev–Trinajstić information content (AvgIpc) is 2.64. The van der Waals surface area contributed by atoms with Gasteiger partial charge in [-0.05, 0) is 52.3 Å². The summed E-state index contributed by atoms with van der Waals surface area (Å²) in [6.45, 7) is 8.11. The van der Waals surface area contributed by atoms with Gasteiger partial charge >= 0.3 is 11.7 Å². The van der Waals surface area contributed by atoms with Gasteiger partial charge in [0.15, 0.2) is 0 Å². The minimum atomic E-state index is -1.33. The third-order valence-corrected chi connectivity index (χ3v) is 4.38. The Morgan fingerprint density at radius 1 is 1.09 bits per heavy atom. The SMILES string of the molecule is Cc1cc(=O)oc2cc(NC(=O)[C@H](C)NC(=O)[C@@H](CC(N)=O)NC(=O)OC(C)(C)C)ccc12. The first-order chi connectivity index (χ1) is 15.2. The number of benzene rings is 1. The largest absolute Gasteiger partial charge is 0.444 e. The molecule has 0 aliphatic carbocycles. The summed E-state index contributed by atoms with van der Waals surface area (Å²) in [7, 11) is 0. The summed E-state index contributed by atoms with van der Waals surface area (Å²) in [5, 5.41) is 8.04. The smallest absolute Gasteiger partial charge is 0.408 e. The van der Waals surface area contributed by atoms with E-state index in [1.165, 1.54) is 19.1 Å². The van der Waals surface area contributed by atoms with Crippen LogP contribution in [0.3, 0.4) is 0 Å². The van der Waals surface area contributed by atoms with E-state index in [-0.39, 0.29) is 0 Å². The molecule has 11 heteroatoms. The summed E-state index contributed by atoms with van der Waals surface area (Å²) in [6.07, 6.45) is -1.39. The van der Waals surface area contributed by atoms with Crippen LogP contribution in [0.15, 0.2) is 33.5 Å². The topological polar surface area (TPSA) is 170 Å². The van der Waals surface area contributed by atoms with Crippen LogP contribution in [0.2, 0.25) is 0 Å². The van der Waals surface area contributed by atoms with E-state index in [0.29, 0.717) is 11.3 Å². The summed E-state index contributed by atoms with van der Waals surface area (Å²) in [5.74, 6) is -2.19. The van der Waals surface area contributed by atoms with Crippen LogP contribution in [0.1, 0.15) is 39.7 Å². The maximum atomic E-state index is 12.6. The van der Waals surface area contributed by atoms with Crippen LogP contribution in [0.25, 0.3) is 11.0 Å². The molecule has 33 heavy (non-hydrogen) atoms. The Labute approximate surface area is 190 Å². The minimum Gasteiger partial charge on any atom is -0.444 e. The highest BCUT2D eigenvalue weighted by Gasteiger charge is 2.28. The molecule has 1 aromatic heterocycles. The highest BCUT2D eigenvalue weighted by atomic mass is 16.6. The summed E-state index contributed by atoms with van der Waals surface area (Å²) >= 11 is 0. The van der Waals surface area contributed by atoms with Gasteiger partial charge in [-0.2, -0.15) is 0 Å². The van der Waals surface area contributed by atoms with Crippen molar-refractivity contribution < 1.29 is 28.3 Å². The average molecular weight is 460 g/mol. The van der Waals surface area contributed by atoms with Crippen LogP contribution in [-0.4, -0.2) is 41.5 Å². The van der Waals surface area contributed by atoms with Crippen molar-refractivity contribution in [2.45, 2.75) is 58.7 Å². The van der Waals surface area contributed by atoms with E-state index < -0.39 is 53.5 Å². The third kappa shape index (κ3) is 7.63. The second-order valence-electron chi connectivity index (χ2n) is 8.55. The zero-order valence-corrected chi connectivity index (χ0v) is 19.1. The van der Waals surface area contributed by atoms with Crippen molar-refractivity contribution in [2.24, 2.45) is 5.73 Å². The number of nitrogens with two attached hydrogens (primary N) is 1. The Morgan fingerprint density at radius 3 is 2.36 bits per heavy atom. The standard InChI is InChI=1S/C22H28N4O7/c1-11-8-18(28)32-16-9-13(6-7-14(11)16)25-19(29)12(2)24-20(30)15(10-17(23)27)26-21(31)33-22(3,4)5/h6-9,12,15H,10H2,1-5H3,(H2,23,27)(H,24,30)(H,25,29)(H,26,31)/t12-,15+/m0/s1. The molecule has 178 valence electrons. The van der Waals surface area contributed by atoms with Crippen LogP contribution in [0.5, 0.6) is 0 Å². The summed E-state index contributed by atoms with van der Waals surface area (Å²) < 4.78 is 10.2. The van der Waals surface area contributed by atoms with Gasteiger partial charge in [-0.1, -0.05) is 0 Å². The van der Waals surface area contributed by atoms with Crippen LogP contribution in [-0.2, 0) is 19.1 Å². The minimum absolute atomic E-state index is 0.303. The lowest BCUT2D eigenvalue weighted by molar-refractivity contribution is -0.129. The van der Waals surface area contributed by atoms with E-state index >= 15 is 0 Å². The fourth-order valence-electron chi connectivity index (χ4n) is 2.89. The molecule has 5 N–H and O–H groups in total. The normalized spacial score (nSPS) is 13.0. The number of ether oxygens (including phenoxy) is 1. The van der Waals surface area contributed by atoms with Crippen LogP contribution < -0.4 is 27.3 Å². The second kappa shape index (κ2) is 10.2. The monoisotopic (exact) mass is 460 g/mol. The van der Waals surface area contributed by atoms with Crippen LogP contribution in [0.4, 0.5) is 10.5 Å². The van der Waals surface area contributed by atoms with Gasteiger partial charge in [-0.25, -0.2) is 9.59 Å². The number of alkyl carbamates (subject to hydrolysis) is 1. The van der Waals surface area contributed by atoms with E-state index in [1.807, 2.05) is 0 Å². The maximum absolute atomic E-state index is 12.6. The second-order valence-corrected chi connectivity index (χ2v) is 8.55. The van der Waals surface area contributed by atoms with Gasteiger partial charge in [0.25, 0.3) is 0 Å². The summed E-state index contributed by atoms with van der Waals surface area (Å²) in [6, 6.07) is 3.82. The van der Waals surface area contributed by atoms with E-state index in [2.05, 4.69) is 16.0 Å². The fraction of sp³-hybridized carbons (Fsp3) is 0.409. The van der Waals surface area contributed by atoms with Crippen molar-refractivity contribution in [3.05, 3.63) is 40.2 Å². The van der Waals surface area contributed by atoms with Crippen molar-refractivity contribution in [3.8, 4) is 0 Å². The lowest BCUT2D eigenvalue weighted by Gasteiger charge is -2.23. The van der Waals surface area contributed by atoms with Crippen LogP contribution in [0, 0.1) is 6.92 Å². The van der Waals surface area contributed by atoms with Gasteiger partial charge < -0.3 is 30.8 Å². The van der Waals surface area contributed by atoms with Crippen molar-refractivity contribution >= 4 is 40.5 Å². The first-order valence-electron chi connectivity index (χ1n) is 10.2. The Morgan fingerprint density at radius 2 is 1.76 bits per heavy atom. The predicted molar refractivity (Wildman–Crippen MR) is 120 cm³/mol. The number of fused-ring (bicyclic) bond motifs is 1. The first kappa shape index (κ1) is 25.4. The number of carbonyl (C=O) groups is 4. The first-order valence-corrected chi connectivity index (χ1v) is 10.2. The quantitative estimate of drug-likeness (QED) is 0.451. The summed E-state index contributed by atoms with van der Waals surface area (Å²) in [4.78, 5) is 60.0. The summed E-state index contributed by atoms with van der Waals surface area (Å²) in [5.41, 5.74) is 5.23. The predicted octanol–water partition coefficient (Wildman–Crippen LogP) is 1.31. The third-order valence-electron chi connectivity index (χ3n) is 4.38. The molecule has 4 amide bonds. The molecule has 2 rings (SSSR count).